The molecule has 4 aromatic rings. The van der Waals surface area contributed by atoms with Crippen LogP contribution < -0.4 is 14.8 Å². The molecule has 6 heteroatoms. The lowest BCUT2D eigenvalue weighted by Crippen LogP contribution is -2.15. The summed E-state index contributed by atoms with van der Waals surface area (Å²) in [6.07, 6.45) is 1.59. The van der Waals surface area contributed by atoms with Crippen LogP contribution in [0.3, 0.4) is 0 Å². The van der Waals surface area contributed by atoms with Gasteiger partial charge in [0, 0.05) is 16.6 Å². The fourth-order valence-corrected chi connectivity index (χ4v) is 3.96. The highest BCUT2D eigenvalue weighted by atomic mass is 32.1. The lowest BCUT2D eigenvalue weighted by Gasteiger charge is -2.19. The largest absolute Gasteiger partial charge is 0.486 e. The molecule has 0 fully saturated rings. The molecule has 1 N–H and O–H groups in total. The van der Waals surface area contributed by atoms with Crippen LogP contribution in [0.15, 0.2) is 60.9 Å². The Bertz CT molecular complexity index is 1080. The van der Waals surface area contributed by atoms with Crippen LogP contribution in [0.5, 0.6) is 11.5 Å². The summed E-state index contributed by atoms with van der Waals surface area (Å²) in [4.78, 5) is 11.0. The summed E-state index contributed by atoms with van der Waals surface area (Å²) in [5, 5.41) is 4.39. The number of hydrogen-bond donors (Lipinski definition) is 1. The van der Waals surface area contributed by atoms with Crippen molar-refractivity contribution < 1.29 is 9.47 Å². The van der Waals surface area contributed by atoms with E-state index < -0.39 is 0 Å². The van der Waals surface area contributed by atoms with Crippen molar-refractivity contribution in [2.75, 3.05) is 18.5 Å². The molecule has 0 saturated heterocycles. The van der Waals surface area contributed by atoms with E-state index in [1.165, 1.54) is 10.4 Å². The van der Waals surface area contributed by atoms with Crippen LogP contribution in [0.4, 0.5) is 11.5 Å². The number of aromatic nitrogens is 2. The van der Waals surface area contributed by atoms with E-state index in [1.807, 2.05) is 36.4 Å². The Labute approximate surface area is 154 Å². The average Bonchev–Trinajstić information content (AvgIpc) is 3.14. The number of fused-ring (bicyclic) bond motifs is 2. The predicted octanol–water partition coefficient (Wildman–Crippen LogP) is 4.87. The van der Waals surface area contributed by atoms with E-state index in [1.54, 1.807) is 17.7 Å². The summed E-state index contributed by atoms with van der Waals surface area (Å²) >= 11 is 1.66. The van der Waals surface area contributed by atoms with E-state index in [0.717, 1.165) is 33.2 Å². The number of ether oxygens (including phenoxy) is 2. The molecule has 0 atom stereocenters. The third kappa shape index (κ3) is 2.74. The molecule has 5 rings (SSSR count). The van der Waals surface area contributed by atoms with Crippen molar-refractivity contribution >= 4 is 33.1 Å². The lowest BCUT2D eigenvalue weighted by atomic mass is 10.2. The number of nitrogens with zero attached hydrogens (tertiary/aromatic N) is 2. The van der Waals surface area contributed by atoms with Gasteiger partial charge in [-0.05, 0) is 23.8 Å². The summed E-state index contributed by atoms with van der Waals surface area (Å²) in [6, 6.07) is 18.3. The molecule has 0 aliphatic carbocycles. The van der Waals surface area contributed by atoms with Gasteiger partial charge in [-0.3, -0.25) is 0 Å². The van der Waals surface area contributed by atoms with Crippen LogP contribution in [0.25, 0.3) is 20.7 Å². The fourth-order valence-electron chi connectivity index (χ4n) is 2.96. The van der Waals surface area contributed by atoms with Crippen molar-refractivity contribution in [3.05, 3.63) is 60.9 Å². The first-order valence-corrected chi connectivity index (χ1v) is 9.15. The normalized spacial score (nSPS) is 12.9. The second-order valence-electron chi connectivity index (χ2n) is 5.90. The van der Waals surface area contributed by atoms with E-state index in [-0.39, 0.29) is 0 Å². The summed E-state index contributed by atoms with van der Waals surface area (Å²) in [6.45, 7) is 1.16. The molecule has 0 radical (unpaired) electrons. The minimum absolute atomic E-state index is 0.569. The Morgan fingerprint density at radius 3 is 2.62 bits per heavy atom. The second-order valence-corrected chi connectivity index (χ2v) is 6.93. The number of benzene rings is 2. The molecule has 128 valence electrons. The zero-order valence-corrected chi connectivity index (χ0v) is 14.6. The van der Waals surface area contributed by atoms with Gasteiger partial charge in [-0.2, -0.15) is 0 Å². The minimum Gasteiger partial charge on any atom is -0.486 e. The molecule has 5 nitrogen and oxygen atoms in total. The van der Waals surface area contributed by atoms with E-state index in [0.29, 0.717) is 13.2 Å². The molecule has 1 aliphatic heterocycles. The molecule has 0 unspecified atom stereocenters. The Morgan fingerprint density at radius 2 is 1.73 bits per heavy atom. The maximum Gasteiger partial charge on any atom is 0.163 e. The van der Waals surface area contributed by atoms with Gasteiger partial charge in [0.15, 0.2) is 11.5 Å². The molecular weight excluding hydrogens is 346 g/mol. The number of rotatable bonds is 3. The highest BCUT2D eigenvalue weighted by molar-refractivity contribution is 7.21. The van der Waals surface area contributed by atoms with Crippen molar-refractivity contribution in [2.24, 2.45) is 0 Å². The summed E-state index contributed by atoms with van der Waals surface area (Å²) in [5.41, 5.74) is 2.09. The quantitative estimate of drug-likeness (QED) is 0.564. The van der Waals surface area contributed by atoms with Gasteiger partial charge >= 0.3 is 0 Å². The van der Waals surface area contributed by atoms with Crippen molar-refractivity contribution in [1.29, 1.82) is 0 Å². The average molecular weight is 361 g/mol. The monoisotopic (exact) mass is 361 g/mol. The number of anilines is 2. The van der Waals surface area contributed by atoms with E-state index in [2.05, 4.69) is 33.5 Å². The fraction of sp³-hybridized carbons (Fsp3) is 0.100. The number of nitrogens with one attached hydrogen (secondary N) is 1. The van der Waals surface area contributed by atoms with Crippen LogP contribution in [0, 0.1) is 0 Å². The van der Waals surface area contributed by atoms with Gasteiger partial charge in [0.05, 0.1) is 5.39 Å². The van der Waals surface area contributed by atoms with Gasteiger partial charge in [-0.15, -0.1) is 11.3 Å². The SMILES string of the molecule is c1ccc(-c2cc3c(Nc4ccc5c(c4)OCCO5)ncnc3s2)cc1. The van der Waals surface area contributed by atoms with Gasteiger partial charge in [-0.25, -0.2) is 9.97 Å². The zero-order chi connectivity index (χ0) is 17.3. The topological polar surface area (TPSA) is 56.3 Å². The molecule has 0 spiro atoms. The summed E-state index contributed by atoms with van der Waals surface area (Å²) < 4.78 is 11.2. The lowest BCUT2D eigenvalue weighted by molar-refractivity contribution is 0.171. The van der Waals surface area contributed by atoms with Crippen molar-refractivity contribution in [1.82, 2.24) is 9.97 Å². The van der Waals surface area contributed by atoms with E-state index >= 15 is 0 Å². The Kier molecular flexibility index (Phi) is 3.68. The Hall–Kier alpha value is -3.12. The minimum atomic E-state index is 0.569. The van der Waals surface area contributed by atoms with E-state index in [9.17, 15) is 0 Å². The number of hydrogen-bond acceptors (Lipinski definition) is 6. The van der Waals surface area contributed by atoms with Crippen LogP contribution in [0.1, 0.15) is 0 Å². The van der Waals surface area contributed by atoms with Crippen molar-refractivity contribution in [3.8, 4) is 21.9 Å². The van der Waals surface area contributed by atoms with Gasteiger partial charge < -0.3 is 14.8 Å². The molecule has 0 saturated carbocycles. The first-order chi connectivity index (χ1) is 12.9. The van der Waals surface area contributed by atoms with Gasteiger partial charge in [-0.1, -0.05) is 30.3 Å². The first-order valence-electron chi connectivity index (χ1n) is 8.33. The van der Waals surface area contributed by atoms with E-state index in [4.69, 9.17) is 9.47 Å². The van der Waals surface area contributed by atoms with Crippen LogP contribution in [0.2, 0.25) is 0 Å². The molecule has 26 heavy (non-hydrogen) atoms. The maximum atomic E-state index is 5.66. The molecule has 2 aromatic heterocycles. The highest BCUT2D eigenvalue weighted by Crippen LogP contribution is 2.37. The number of thiophene rings is 1. The summed E-state index contributed by atoms with van der Waals surface area (Å²) in [5.74, 6) is 2.31. The van der Waals surface area contributed by atoms with Gasteiger partial charge in [0.1, 0.15) is 30.2 Å². The third-order valence-corrected chi connectivity index (χ3v) is 5.28. The molecular formula is C20H15N3O2S. The smallest absolute Gasteiger partial charge is 0.163 e. The molecule has 2 aromatic carbocycles. The first kappa shape index (κ1) is 15.2. The molecule has 3 heterocycles. The third-order valence-electron chi connectivity index (χ3n) is 4.19. The van der Waals surface area contributed by atoms with Crippen LogP contribution >= 0.6 is 11.3 Å². The molecule has 0 bridgehead atoms. The van der Waals surface area contributed by atoms with Crippen molar-refractivity contribution in [2.45, 2.75) is 0 Å². The second kappa shape index (κ2) is 6.31. The van der Waals surface area contributed by atoms with Crippen LogP contribution in [-0.2, 0) is 0 Å². The summed E-state index contributed by atoms with van der Waals surface area (Å²) in [7, 11) is 0. The standard InChI is InChI=1S/C20H15N3O2S/c1-2-4-13(5-3-1)18-11-15-19(21-12-22-20(15)26-18)23-14-6-7-16-17(10-14)25-9-8-24-16/h1-7,10-12H,8-9H2,(H,21,22,23). The van der Waals surface area contributed by atoms with Gasteiger partial charge in [0.25, 0.3) is 0 Å². The molecule has 1 aliphatic rings. The predicted molar refractivity (Wildman–Crippen MR) is 104 cm³/mol. The van der Waals surface area contributed by atoms with Gasteiger partial charge in [0.2, 0.25) is 0 Å². The Morgan fingerprint density at radius 1 is 0.885 bits per heavy atom. The molecule has 0 amide bonds. The Balaban J connectivity index is 1.52. The van der Waals surface area contributed by atoms with Crippen molar-refractivity contribution in [3.63, 3.8) is 0 Å². The highest BCUT2D eigenvalue weighted by Gasteiger charge is 2.14. The van der Waals surface area contributed by atoms with Crippen LogP contribution in [-0.4, -0.2) is 23.2 Å². The zero-order valence-electron chi connectivity index (χ0n) is 13.8. The maximum absolute atomic E-state index is 5.66.